The van der Waals surface area contributed by atoms with E-state index in [-0.39, 0.29) is 12.4 Å². The molecule has 0 spiro atoms. The van der Waals surface area contributed by atoms with Crippen molar-refractivity contribution < 1.29 is 9.53 Å². The van der Waals surface area contributed by atoms with Crippen molar-refractivity contribution in [2.75, 3.05) is 6.61 Å². The van der Waals surface area contributed by atoms with Gasteiger partial charge in [-0.25, -0.2) is 0 Å². The van der Waals surface area contributed by atoms with Crippen LogP contribution < -0.4 is 0 Å². The van der Waals surface area contributed by atoms with Gasteiger partial charge in [0.25, 0.3) is 6.47 Å². The SMILES string of the molecule is CCCCCCCCCCOC=O.Cl. The Balaban J connectivity index is 0. The molecule has 3 heteroatoms. The van der Waals surface area contributed by atoms with Gasteiger partial charge in [-0.15, -0.1) is 12.4 Å². The Morgan fingerprint density at radius 2 is 1.43 bits per heavy atom. The lowest BCUT2D eigenvalue weighted by Gasteiger charge is -2.00. The zero-order valence-electron chi connectivity index (χ0n) is 9.17. The maximum absolute atomic E-state index is 9.79. The molecule has 0 fully saturated rings. The van der Waals surface area contributed by atoms with Crippen molar-refractivity contribution >= 4 is 18.9 Å². The molecule has 0 amide bonds. The van der Waals surface area contributed by atoms with Gasteiger partial charge in [-0.05, 0) is 6.42 Å². The quantitative estimate of drug-likeness (QED) is 0.416. The molecule has 0 bridgehead atoms. The molecule has 86 valence electrons. The summed E-state index contributed by atoms with van der Waals surface area (Å²) in [5.41, 5.74) is 0. The third-order valence-electron chi connectivity index (χ3n) is 2.18. The fraction of sp³-hybridized carbons (Fsp3) is 0.909. The largest absolute Gasteiger partial charge is 0.468 e. The Labute approximate surface area is 93.8 Å². The van der Waals surface area contributed by atoms with Gasteiger partial charge in [-0.1, -0.05) is 51.9 Å². The zero-order chi connectivity index (χ0) is 9.78. The molecule has 0 aromatic carbocycles. The number of rotatable bonds is 10. The molecule has 0 rings (SSSR count). The van der Waals surface area contributed by atoms with E-state index in [1.54, 1.807) is 0 Å². The van der Waals surface area contributed by atoms with Crippen LogP contribution in [0.25, 0.3) is 0 Å². The standard InChI is InChI=1S/C11H22O2.ClH/c1-2-3-4-5-6-7-8-9-10-13-11-12;/h11H,2-10H2,1H3;1H. The van der Waals surface area contributed by atoms with Crippen LogP contribution in [0.1, 0.15) is 58.3 Å². The molecule has 0 aliphatic rings. The third kappa shape index (κ3) is 14.3. The van der Waals surface area contributed by atoms with Crippen LogP contribution in [0.2, 0.25) is 0 Å². The number of hydrogen-bond acceptors (Lipinski definition) is 2. The lowest BCUT2D eigenvalue weighted by molar-refractivity contribution is -0.128. The second-order valence-electron chi connectivity index (χ2n) is 3.44. The Morgan fingerprint density at radius 3 is 1.93 bits per heavy atom. The molecule has 0 aromatic rings. The van der Waals surface area contributed by atoms with Crippen LogP contribution in [0, 0.1) is 0 Å². The first kappa shape index (κ1) is 16.2. The van der Waals surface area contributed by atoms with E-state index < -0.39 is 0 Å². The first-order chi connectivity index (χ1) is 6.41. The molecular formula is C11H23ClO2. The van der Waals surface area contributed by atoms with Crippen LogP contribution in [0.15, 0.2) is 0 Å². The number of unbranched alkanes of at least 4 members (excludes halogenated alkanes) is 7. The number of hydrogen-bond donors (Lipinski definition) is 0. The van der Waals surface area contributed by atoms with Gasteiger partial charge in [0.05, 0.1) is 6.61 Å². The van der Waals surface area contributed by atoms with Crippen LogP contribution in [0.3, 0.4) is 0 Å². The second kappa shape index (κ2) is 15.2. The van der Waals surface area contributed by atoms with Crippen molar-refractivity contribution in [3.05, 3.63) is 0 Å². The van der Waals surface area contributed by atoms with Gasteiger partial charge in [-0.3, -0.25) is 4.79 Å². The highest BCUT2D eigenvalue weighted by atomic mass is 35.5. The van der Waals surface area contributed by atoms with E-state index in [9.17, 15) is 4.79 Å². The Hall–Kier alpha value is -0.240. The number of halogens is 1. The van der Waals surface area contributed by atoms with Crippen molar-refractivity contribution in [1.29, 1.82) is 0 Å². The average molecular weight is 223 g/mol. The molecule has 0 aromatic heterocycles. The second-order valence-corrected chi connectivity index (χ2v) is 3.44. The summed E-state index contributed by atoms with van der Waals surface area (Å²) in [6.07, 6.45) is 10.3. The molecule has 0 saturated carbocycles. The van der Waals surface area contributed by atoms with Crippen LogP contribution in [0.4, 0.5) is 0 Å². The summed E-state index contributed by atoms with van der Waals surface area (Å²) >= 11 is 0. The van der Waals surface area contributed by atoms with E-state index in [4.69, 9.17) is 0 Å². The normalized spacial score (nSPS) is 9.21. The Bertz CT molecular complexity index is 107. The molecule has 0 unspecified atom stereocenters. The lowest BCUT2D eigenvalue weighted by atomic mass is 10.1. The minimum atomic E-state index is 0. The first-order valence-corrected chi connectivity index (χ1v) is 5.47. The number of carbonyl (C=O) groups excluding carboxylic acids is 1. The average Bonchev–Trinajstić information content (AvgIpc) is 2.16. The van der Waals surface area contributed by atoms with E-state index >= 15 is 0 Å². The number of ether oxygens (including phenoxy) is 1. The summed E-state index contributed by atoms with van der Waals surface area (Å²) in [4.78, 5) is 9.79. The molecule has 0 N–H and O–H groups in total. The topological polar surface area (TPSA) is 26.3 Å². The fourth-order valence-corrected chi connectivity index (χ4v) is 1.37. The number of carbonyl (C=O) groups is 1. The molecule has 14 heavy (non-hydrogen) atoms. The van der Waals surface area contributed by atoms with Crippen molar-refractivity contribution in [3.63, 3.8) is 0 Å². The minimum absolute atomic E-state index is 0. The molecule has 0 aliphatic carbocycles. The van der Waals surface area contributed by atoms with E-state index in [0.29, 0.717) is 13.1 Å². The zero-order valence-corrected chi connectivity index (χ0v) is 9.98. The van der Waals surface area contributed by atoms with Crippen molar-refractivity contribution in [1.82, 2.24) is 0 Å². The van der Waals surface area contributed by atoms with Crippen molar-refractivity contribution in [3.8, 4) is 0 Å². The first-order valence-electron chi connectivity index (χ1n) is 5.47. The molecule has 0 radical (unpaired) electrons. The fourth-order valence-electron chi connectivity index (χ4n) is 1.37. The molecule has 0 heterocycles. The minimum Gasteiger partial charge on any atom is -0.468 e. The maximum atomic E-state index is 9.79. The van der Waals surface area contributed by atoms with Gasteiger partial charge >= 0.3 is 0 Å². The summed E-state index contributed by atoms with van der Waals surface area (Å²) in [5, 5.41) is 0. The van der Waals surface area contributed by atoms with Crippen molar-refractivity contribution in [2.24, 2.45) is 0 Å². The van der Waals surface area contributed by atoms with E-state index in [1.165, 1.54) is 44.9 Å². The Kier molecular flexibility index (Phi) is 17.6. The van der Waals surface area contributed by atoms with E-state index in [1.807, 2.05) is 0 Å². The predicted molar refractivity (Wildman–Crippen MR) is 61.9 cm³/mol. The van der Waals surface area contributed by atoms with Gasteiger partial charge < -0.3 is 4.74 Å². The van der Waals surface area contributed by atoms with Crippen molar-refractivity contribution in [2.45, 2.75) is 58.3 Å². The third-order valence-corrected chi connectivity index (χ3v) is 2.18. The molecular weight excluding hydrogens is 200 g/mol. The molecule has 0 aliphatic heterocycles. The van der Waals surface area contributed by atoms with E-state index in [2.05, 4.69) is 11.7 Å². The maximum Gasteiger partial charge on any atom is 0.293 e. The smallest absolute Gasteiger partial charge is 0.293 e. The van der Waals surface area contributed by atoms with Crippen LogP contribution in [0.5, 0.6) is 0 Å². The monoisotopic (exact) mass is 222 g/mol. The molecule has 0 atom stereocenters. The van der Waals surface area contributed by atoms with Crippen LogP contribution in [-0.4, -0.2) is 13.1 Å². The van der Waals surface area contributed by atoms with Gasteiger partial charge in [0, 0.05) is 0 Å². The Morgan fingerprint density at radius 1 is 0.929 bits per heavy atom. The van der Waals surface area contributed by atoms with Crippen LogP contribution >= 0.6 is 12.4 Å². The van der Waals surface area contributed by atoms with Gasteiger partial charge in [0.1, 0.15) is 0 Å². The molecule has 2 nitrogen and oxygen atoms in total. The lowest BCUT2D eigenvalue weighted by Crippen LogP contribution is -1.91. The van der Waals surface area contributed by atoms with E-state index in [0.717, 1.165) is 6.42 Å². The highest BCUT2D eigenvalue weighted by Crippen LogP contribution is 2.07. The van der Waals surface area contributed by atoms with Gasteiger partial charge in [0.15, 0.2) is 0 Å². The summed E-state index contributed by atoms with van der Waals surface area (Å²) in [7, 11) is 0. The summed E-state index contributed by atoms with van der Waals surface area (Å²) in [5.74, 6) is 0. The summed E-state index contributed by atoms with van der Waals surface area (Å²) in [6.45, 7) is 3.36. The highest BCUT2D eigenvalue weighted by Gasteiger charge is 1.91. The van der Waals surface area contributed by atoms with Crippen LogP contribution in [-0.2, 0) is 9.53 Å². The summed E-state index contributed by atoms with van der Waals surface area (Å²) in [6, 6.07) is 0. The predicted octanol–water partition coefficient (Wildman–Crippen LogP) is 3.72. The molecule has 0 saturated heterocycles. The van der Waals surface area contributed by atoms with Gasteiger partial charge in [-0.2, -0.15) is 0 Å². The highest BCUT2D eigenvalue weighted by molar-refractivity contribution is 5.85. The summed E-state index contributed by atoms with van der Waals surface area (Å²) < 4.78 is 4.60. The van der Waals surface area contributed by atoms with Gasteiger partial charge in [0.2, 0.25) is 0 Å².